The van der Waals surface area contributed by atoms with E-state index in [1.807, 2.05) is 67.8 Å². The van der Waals surface area contributed by atoms with E-state index in [1.165, 1.54) is 16.7 Å². The van der Waals surface area contributed by atoms with Crippen molar-refractivity contribution in [1.29, 1.82) is 0 Å². The topological polar surface area (TPSA) is 77.9 Å². The second-order valence-corrected chi connectivity index (χ2v) is 8.43. The van der Waals surface area contributed by atoms with Gasteiger partial charge >= 0.3 is 12.0 Å². The number of carboxylic acid groups (broad SMARTS) is 1. The van der Waals surface area contributed by atoms with Gasteiger partial charge in [0.15, 0.2) is 0 Å². The van der Waals surface area contributed by atoms with Crippen molar-refractivity contribution in [3.63, 3.8) is 0 Å². The number of aliphatic carboxylic acids is 1. The van der Waals surface area contributed by atoms with Crippen molar-refractivity contribution in [3.8, 4) is 0 Å². The lowest BCUT2D eigenvalue weighted by Crippen LogP contribution is -2.46. The van der Waals surface area contributed by atoms with Crippen LogP contribution >= 0.6 is 11.8 Å². The SMILES string of the molecule is CSCCC(C(=O)O)N1C(=O)C(Cc2ccccc2)N(Cc2ccc(C)cc2)C1=O. The number of hydrogen-bond donors (Lipinski definition) is 1. The van der Waals surface area contributed by atoms with Gasteiger partial charge in [-0.15, -0.1) is 0 Å². The summed E-state index contributed by atoms with van der Waals surface area (Å²) in [4.78, 5) is 40.9. The summed E-state index contributed by atoms with van der Waals surface area (Å²) < 4.78 is 0. The number of aryl methyl sites for hydroxylation is 1. The van der Waals surface area contributed by atoms with E-state index in [0.717, 1.165) is 21.6 Å². The number of benzene rings is 2. The molecule has 2 unspecified atom stereocenters. The fourth-order valence-electron chi connectivity index (χ4n) is 3.64. The standard InChI is InChI=1S/C23H26N2O4S/c1-16-8-10-18(11-9-16)15-24-20(14-17-6-4-3-5-7-17)21(26)25(23(24)29)19(22(27)28)12-13-30-2/h3-11,19-20H,12-15H2,1-2H3,(H,27,28). The smallest absolute Gasteiger partial charge is 0.328 e. The molecule has 2 aromatic carbocycles. The molecule has 30 heavy (non-hydrogen) atoms. The Morgan fingerprint density at radius 2 is 1.73 bits per heavy atom. The van der Waals surface area contributed by atoms with Gasteiger partial charge in [0, 0.05) is 13.0 Å². The fourth-order valence-corrected chi connectivity index (χ4v) is 4.10. The first kappa shape index (κ1) is 21.9. The Labute approximate surface area is 180 Å². The molecule has 6 nitrogen and oxygen atoms in total. The Kier molecular flexibility index (Phi) is 7.15. The van der Waals surface area contributed by atoms with Crippen molar-refractivity contribution in [2.24, 2.45) is 0 Å². The molecular weight excluding hydrogens is 400 g/mol. The van der Waals surface area contributed by atoms with Crippen LogP contribution in [0.5, 0.6) is 0 Å². The van der Waals surface area contributed by atoms with Gasteiger partial charge < -0.3 is 10.0 Å². The predicted molar refractivity (Wildman–Crippen MR) is 117 cm³/mol. The van der Waals surface area contributed by atoms with E-state index in [0.29, 0.717) is 12.2 Å². The summed E-state index contributed by atoms with van der Waals surface area (Å²) in [6.07, 6.45) is 2.45. The molecule has 1 N–H and O–H groups in total. The number of nitrogens with zero attached hydrogens (tertiary/aromatic N) is 2. The number of amides is 3. The molecular formula is C23H26N2O4S. The molecule has 3 rings (SSSR count). The van der Waals surface area contributed by atoms with Crippen LogP contribution in [0.3, 0.4) is 0 Å². The fraction of sp³-hybridized carbons (Fsp3) is 0.348. The quantitative estimate of drug-likeness (QED) is 0.620. The summed E-state index contributed by atoms with van der Waals surface area (Å²) in [5, 5.41) is 9.70. The number of urea groups is 1. The van der Waals surface area contributed by atoms with Crippen LogP contribution in [0, 0.1) is 6.92 Å². The van der Waals surface area contributed by atoms with Gasteiger partial charge in [0.1, 0.15) is 12.1 Å². The normalized spacial score (nSPS) is 17.5. The highest BCUT2D eigenvalue weighted by Gasteiger charge is 2.49. The van der Waals surface area contributed by atoms with Crippen LogP contribution in [0.1, 0.15) is 23.1 Å². The first-order chi connectivity index (χ1) is 14.4. The van der Waals surface area contributed by atoms with E-state index in [-0.39, 0.29) is 13.0 Å². The summed E-state index contributed by atoms with van der Waals surface area (Å²) in [5.74, 6) is -1.04. The van der Waals surface area contributed by atoms with Gasteiger partial charge in [-0.2, -0.15) is 11.8 Å². The lowest BCUT2D eigenvalue weighted by Gasteiger charge is -2.23. The van der Waals surface area contributed by atoms with E-state index >= 15 is 0 Å². The zero-order valence-electron chi connectivity index (χ0n) is 17.2. The number of thioether (sulfide) groups is 1. The van der Waals surface area contributed by atoms with E-state index in [2.05, 4.69) is 0 Å². The molecule has 0 spiro atoms. The van der Waals surface area contributed by atoms with Crippen LogP contribution in [0.4, 0.5) is 4.79 Å². The molecule has 1 fully saturated rings. The molecule has 1 saturated heterocycles. The highest BCUT2D eigenvalue weighted by Crippen LogP contribution is 2.27. The molecule has 0 aliphatic carbocycles. The molecule has 0 aromatic heterocycles. The average Bonchev–Trinajstić information content (AvgIpc) is 2.95. The molecule has 158 valence electrons. The zero-order valence-corrected chi connectivity index (χ0v) is 18.0. The Balaban J connectivity index is 1.92. The first-order valence-electron chi connectivity index (χ1n) is 9.87. The van der Waals surface area contributed by atoms with E-state index in [9.17, 15) is 19.5 Å². The second-order valence-electron chi connectivity index (χ2n) is 7.45. The van der Waals surface area contributed by atoms with Gasteiger partial charge in [-0.3, -0.25) is 4.79 Å². The molecule has 0 bridgehead atoms. The van der Waals surface area contributed by atoms with Gasteiger partial charge in [0.2, 0.25) is 0 Å². The number of hydrogen-bond acceptors (Lipinski definition) is 4. The number of carbonyl (C=O) groups is 3. The van der Waals surface area contributed by atoms with Gasteiger partial charge in [-0.1, -0.05) is 60.2 Å². The van der Waals surface area contributed by atoms with Gasteiger partial charge in [-0.05, 0) is 36.5 Å². The van der Waals surface area contributed by atoms with Crippen molar-refractivity contribution in [1.82, 2.24) is 9.80 Å². The molecule has 7 heteroatoms. The molecule has 2 atom stereocenters. The van der Waals surface area contributed by atoms with Crippen LogP contribution in [0.25, 0.3) is 0 Å². The molecule has 3 amide bonds. The second kappa shape index (κ2) is 9.80. The monoisotopic (exact) mass is 426 g/mol. The third kappa shape index (κ3) is 4.84. The minimum atomic E-state index is -1.15. The molecule has 2 aromatic rings. The summed E-state index contributed by atoms with van der Waals surface area (Å²) in [7, 11) is 0. The Hall–Kier alpha value is -2.80. The predicted octanol–water partition coefficient (Wildman–Crippen LogP) is 3.58. The molecule has 1 heterocycles. The van der Waals surface area contributed by atoms with Crippen LogP contribution in [0.2, 0.25) is 0 Å². The summed E-state index contributed by atoms with van der Waals surface area (Å²) in [5.41, 5.74) is 2.93. The number of rotatable bonds is 9. The van der Waals surface area contributed by atoms with Gasteiger partial charge in [0.25, 0.3) is 5.91 Å². The average molecular weight is 427 g/mol. The maximum atomic E-state index is 13.3. The number of imide groups is 1. The Bertz CT molecular complexity index is 901. The highest BCUT2D eigenvalue weighted by atomic mass is 32.2. The molecule has 0 radical (unpaired) electrons. The lowest BCUT2D eigenvalue weighted by molar-refractivity contribution is -0.146. The van der Waals surface area contributed by atoms with Crippen molar-refractivity contribution in [2.45, 2.75) is 38.4 Å². The Morgan fingerprint density at radius 3 is 2.33 bits per heavy atom. The maximum Gasteiger partial charge on any atom is 0.328 e. The minimum Gasteiger partial charge on any atom is -0.480 e. The largest absolute Gasteiger partial charge is 0.480 e. The highest BCUT2D eigenvalue weighted by molar-refractivity contribution is 7.98. The summed E-state index contributed by atoms with van der Waals surface area (Å²) >= 11 is 1.49. The van der Waals surface area contributed by atoms with Crippen molar-refractivity contribution in [2.75, 3.05) is 12.0 Å². The van der Waals surface area contributed by atoms with Crippen LogP contribution in [-0.4, -0.2) is 56.9 Å². The van der Waals surface area contributed by atoms with E-state index < -0.39 is 30.0 Å². The maximum absolute atomic E-state index is 13.3. The van der Waals surface area contributed by atoms with E-state index in [1.54, 1.807) is 0 Å². The lowest BCUT2D eigenvalue weighted by atomic mass is 10.0. The van der Waals surface area contributed by atoms with Crippen molar-refractivity contribution in [3.05, 3.63) is 71.3 Å². The number of carbonyl (C=O) groups excluding carboxylic acids is 2. The molecule has 0 saturated carbocycles. The third-order valence-corrected chi connectivity index (χ3v) is 5.93. The van der Waals surface area contributed by atoms with Crippen LogP contribution < -0.4 is 0 Å². The number of carboxylic acids is 1. The van der Waals surface area contributed by atoms with Crippen molar-refractivity contribution >= 4 is 29.7 Å². The zero-order chi connectivity index (χ0) is 21.7. The van der Waals surface area contributed by atoms with Crippen LogP contribution in [0.15, 0.2) is 54.6 Å². The van der Waals surface area contributed by atoms with Crippen LogP contribution in [-0.2, 0) is 22.6 Å². The first-order valence-corrected chi connectivity index (χ1v) is 11.3. The van der Waals surface area contributed by atoms with E-state index in [4.69, 9.17) is 0 Å². The Morgan fingerprint density at radius 1 is 1.07 bits per heavy atom. The summed E-state index contributed by atoms with van der Waals surface area (Å²) in [6, 6.07) is 14.8. The molecule has 1 aliphatic heterocycles. The third-order valence-electron chi connectivity index (χ3n) is 5.29. The van der Waals surface area contributed by atoms with Gasteiger partial charge in [0.05, 0.1) is 0 Å². The van der Waals surface area contributed by atoms with Gasteiger partial charge in [-0.25, -0.2) is 14.5 Å². The van der Waals surface area contributed by atoms with Crippen molar-refractivity contribution < 1.29 is 19.5 Å². The summed E-state index contributed by atoms with van der Waals surface area (Å²) in [6.45, 7) is 2.24. The molecule has 1 aliphatic rings. The minimum absolute atomic E-state index is 0.227.